The topological polar surface area (TPSA) is 52.3 Å². The van der Waals surface area contributed by atoms with Gasteiger partial charge in [0.2, 0.25) is 0 Å². The van der Waals surface area contributed by atoms with Crippen LogP contribution in [0.4, 0.5) is 4.79 Å². The fourth-order valence-corrected chi connectivity index (χ4v) is 0.441. The molecule has 1 aliphatic rings. The second kappa shape index (κ2) is 1.51. The van der Waals surface area contributed by atoms with Gasteiger partial charge in [-0.2, -0.15) is 0 Å². The van der Waals surface area contributed by atoms with E-state index in [4.69, 9.17) is 5.73 Å². The number of rotatable bonds is 1. The number of allylic oxidation sites excluding steroid dienone is 2. The highest BCUT2D eigenvalue weighted by molar-refractivity contribution is 5.67. The molecule has 0 fully saturated rings. The second-order valence-electron chi connectivity index (χ2n) is 1.80. The van der Waals surface area contributed by atoms with Gasteiger partial charge in [-0.15, -0.1) is 0 Å². The maximum atomic E-state index is 9.96. The van der Waals surface area contributed by atoms with Gasteiger partial charge < -0.3 is 10.5 Å². The number of primary amides is 1. The lowest BCUT2D eigenvalue weighted by Gasteiger charge is -1.87. The molecule has 0 unspecified atom stereocenters. The van der Waals surface area contributed by atoms with E-state index in [0.717, 1.165) is 17.8 Å². The number of nitrogens with two attached hydrogens (primary N) is 1. The van der Waals surface area contributed by atoms with Gasteiger partial charge >= 0.3 is 6.09 Å². The molecule has 0 aromatic rings. The van der Waals surface area contributed by atoms with Gasteiger partial charge in [0.15, 0.2) is 0 Å². The lowest BCUT2D eigenvalue weighted by molar-refractivity contribution is 0.190. The van der Waals surface area contributed by atoms with Crippen molar-refractivity contribution in [2.75, 3.05) is 0 Å². The van der Waals surface area contributed by atoms with Gasteiger partial charge in [-0.05, 0) is 12.5 Å². The van der Waals surface area contributed by atoms with Crippen molar-refractivity contribution in [1.29, 1.82) is 0 Å². The zero-order chi connectivity index (χ0) is 6.15. The molecule has 0 aromatic carbocycles. The zero-order valence-electron chi connectivity index (χ0n) is 4.60. The number of amides is 1. The molecule has 44 valence electrons. The molecule has 1 rings (SSSR count). The minimum atomic E-state index is -0.711. The number of carbonyl (C=O) groups is 1. The molecule has 2 N–H and O–H groups in total. The fourth-order valence-electron chi connectivity index (χ4n) is 0.441. The summed E-state index contributed by atoms with van der Waals surface area (Å²) in [4.78, 5) is 9.96. The molecule has 3 nitrogen and oxygen atoms in total. The van der Waals surface area contributed by atoms with Crippen molar-refractivity contribution in [2.24, 2.45) is 5.73 Å². The van der Waals surface area contributed by atoms with Crippen LogP contribution in [-0.2, 0) is 4.74 Å². The van der Waals surface area contributed by atoms with Crippen LogP contribution in [0.2, 0.25) is 0 Å². The Morgan fingerprint density at radius 1 is 1.88 bits per heavy atom. The highest BCUT2D eigenvalue weighted by Crippen LogP contribution is 2.30. The van der Waals surface area contributed by atoms with Crippen molar-refractivity contribution in [1.82, 2.24) is 0 Å². The largest absolute Gasteiger partial charge is 0.415 e. The van der Waals surface area contributed by atoms with Gasteiger partial charge in [-0.1, -0.05) is 0 Å². The summed E-state index contributed by atoms with van der Waals surface area (Å²) in [6.07, 6.45) is 0.0972. The van der Waals surface area contributed by atoms with Crippen molar-refractivity contribution in [2.45, 2.75) is 13.3 Å². The van der Waals surface area contributed by atoms with Gasteiger partial charge in [0, 0.05) is 6.42 Å². The summed E-state index contributed by atoms with van der Waals surface area (Å²) in [6.45, 7) is 1.90. The van der Waals surface area contributed by atoms with Crippen LogP contribution in [0.15, 0.2) is 11.3 Å². The third-order valence-corrected chi connectivity index (χ3v) is 1.00. The smallest absolute Gasteiger partial charge is 0.409 e. The summed E-state index contributed by atoms with van der Waals surface area (Å²) in [5.74, 6) is 0.734. The first-order valence-corrected chi connectivity index (χ1v) is 2.36. The molecule has 0 saturated heterocycles. The molecule has 3 heteroatoms. The number of ether oxygens (including phenoxy) is 1. The van der Waals surface area contributed by atoms with E-state index >= 15 is 0 Å². The standard InChI is InChI=1S/C5H7NO2/c1-3-2-4(3)8-5(6)7/h2H2,1H3,(H2,6,7). The molecule has 1 amide bonds. The van der Waals surface area contributed by atoms with Crippen molar-refractivity contribution in [3.05, 3.63) is 11.3 Å². The van der Waals surface area contributed by atoms with Crippen molar-refractivity contribution >= 4 is 6.09 Å². The molecule has 0 spiro atoms. The third-order valence-electron chi connectivity index (χ3n) is 1.00. The molecule has 0 aliphatic heterocycles. The first-order chi connectivity index (χ1) is 3.70. The Kier molecular flexibility index (Phi) is 0.970. The van der Waals surface area contributed by atoms with Gasteiger partial charge in [-0.25, -0.2) is 4.79 Å². The number of hydrogen-bond acceptors (Lipinski definition) is 2. The minimum Gasteiger partial charge on any atom is -0.415 e. The quantitative estimate of drug-likeness (QED) is 0.545. The molecule has 8 heavy (non-hydrogen) atoms. The Labute approximate surface area is 47.1 Å². The molecule has 1 aliphatic carbocycles. The number of carbonyl (C=O) groups excluding carboxylic acids is 1. The van der Waals surface area contributed by atoms with Crippen LogP contribution in [0.25, 0.3) is 0 Å². The molecule has 0 bridgehead atoms. The Morgan fingerprint density at radius 2 is 2.38 bits per heavy atom. The highest BCUT2D eigenvalue weighted by Gasteiger charge is 2.19. The van der Waals surface area contributed by atoms with Crippen molar-refractivity contribution < 1.29 is 9.53 Å². The molecule has 0 aromatic heterocycles. The van der Waals surface area contributed by atoms with Gasteiger partial charge in [0.25, 0.3) is 0 Å². The summed E-state index contributed by atoms with van der Waals surface area (Å²) in [5, 5.41) is 0. The van der Waals surface area contributed by atoms with E-state index in [0.29, 0.717) is 0 Å². The van der Waals surface area contributed by atoms with E-state index in [1.165, 1.54) is 0 Å². The predicted octanol–water partition coefficient (Wildman–Crippen LogP) is 0.759. The van der Waals surface area contributed by atoms with Crippen LogP contribution >= 0.6 is 0 Å². The van der Waals surface area contributed by atoms with Crippen LogP contribution in [-0.4, -0.2) is 6.09 Å². The summed E-state index contributed by atoms with van der Waals surface area (Å²) in [6, 6.07) is 0. The van der Waals surface area contributed by atoms with Crippen LogP contribution < -0.4 is 5.73 Å². The van der Waals surface area contributed by atoms with Crippen LogP contribution in [0, 0.1) is 0 Å². The molecular formula is C5H7NO2. The first kappa shape index (κ1) is 5.15. The van der Waals surface area contributed by atoms with E-state index in [1.54, 1.807) is 0 Å². The maximum Gasteiger partial charge on any atom is 0.409 e. The summed E-state index contributed by atoms with van der Waals surface area (Å²) < 4.78 is 4.49. The third kappa shape index (κ3) is 0.992. The van der Waals surface area contributed by atoms with Crippen LogP contribution in [0.1, 0.15) is 13.3 Å². The summed E-state index contributed by atoms with van der Waals surface area (Å²) in [5.41, 5.74) is 5.81. The lowest BCUT2D eigenvalue weighted by Crippen LogP contribution is -2.09. The average Bonchev–Trinajstić information content (AvgIpc) is 2.17. The SMILES string of the molecule is CC1=C(OC(N)=O)C1. The van der Waals surface area contributed by atoms with Crippen molar-refractivity contribution in [3.8, 4) is 0 Å². The summed E-state index contributed by atoms with van der Waals surface area (Å²) >= 11 is 0. The maximum absolute atomic E-state index is 9.96. The summed E-state index contributed by atoms with van der Waals surface area (Å²) in [7, 11) is 0. The highest BCUT2D eigenvalue weighted by atomic mass is 16.6. The fraction of sp³-hybridized carbons (Fsp3) is 0.400. The Morgan fingerprint density at radius 3 is 2.50 bits per heavy atom. The van der Waals surface area contributed by atoms with Gasteiger partial charge in [0.1, 0.15) is 5.76 Å². The Bertz CT molecular complexity index is 160. The predicted molar refractivity (Wildman–Crippen MR) is 28.0 cm³/mol. The van der Waals surface area contributed by atoms with Crippen LogP contribution in [0.5, 0.6) is 0 Å². The lowest BCUT2D eigenvalue weighted by atomic mass is 10.6. The van der Waals surface area contributed by atoms with E-state index in [-0.39, 0.29) is 0 Å². The van der Waals surface area contributed by atoms with Crippen LogP contribution in [0.3, 0.4) is 0 Å². The average molecular weight is 113 g/mol. The van der Waals surface area contributed by atoms with Gasteiger partial charge in [-0.3, -0.25) is 0 Å². The molecule has 0 atom stereocenters. The first-order valence-electron chi connectivity index (χ1n) is 2.36. The van der Waals surface area contributed by atoms with E-state index in [2.05, 4.69) is 4.74 Å². The van der Waals surface area contributed by atoms with Crippen molar-refractivity contribution in [3.63, 3.8) is 0 Å². The normalized spacial score (nSPS) is 16.1. The monoisotopic (exact) mass is 113 g/mol. The van der Waals surface area contributed by atoms with E-state index in [1.807, 2.05) is 6.92 Å². The number of hydrogen-bond donors (Lipinski definition) is 1. The molecule has 0 heterocycles. The van der Waals surface area contributed by atoms with Gasteiger partial charge in [0.05, 0.1) is 0 Å². The van der Waals surface area contributed by atoms with E-state index in [9.17, 15) is 4.79 Å². The Hall–Kier alpha value is -0.990. The molecule has 0 saturated carbocycles. The molecule has 0 radical (unpaired) electrons. The van der Waals surface area contributed by atoms with E-state index < -0.39 is 6.09 Å². The zero-order valence-corrected chi connectivity index (χ0v) is 4.60. The second-order valence-corrected chi connectivity index (χ2v) is 1.80. The Balaban J connectivity index is 2.33. The molecular weight excluding hydrogens is 106 g/mol. The minimum absolute atomic E-state index is 0.711.